The molecular weight excluding hydrogens is 894 g/mol. The Morgan fingerprint density at radius 3 is 1.57 bits per heavy atom. The van der Waals surface area contributed by atoms with Crippen LogP contribution in [0.15, 0.2) is 140 Å². The van der Waals surface area contributed by atoms with Crippen LogP contribution in [0.2, 0.25) is 0 Å². The van der Waals surface area contributed by atoms with Crippen molar-refractivity contribution in [3.8, 4) is 22.3 Å². The van der Waals surface area contributed by atoms with Crippen LogP contribution in [0, 0.1) is 0 Å². The smallest absolute Gasteiger partial charge is 0.252 e. The second kappa shape index (κ2) is 15.8. The van der Waals surface area contributed by atoms with Crippen molar-refractivity contribution >= 4 is 62.9 Å². The van der Waals surface area contributed by atoms with Gasteiger partial charge in [0, 0.05) is 50.5 Å². The van der Waals surface area contributed by atoms with Gasteiger partial charge in [0.1, 0.15) is 0 Å². The van der Waals surface area contributed by atoms with Crippen LogP contribution in [-0.2, 0) is 27.1 Å². The molecule has 0 radical (unpaired) electrons. The Bertz CT molecular complexity index is 3440. The fourth-order valence-electron chi connectivity index (χ4n) is 15.6. The van der Waals surface area contributed by atoms with Gasteiger partial charge in [-0.2, -0.15) is 0 Å². The van der Waals surface area contributed by atoms with Crippen LogP contribution in [0.5, 0.6) is 0 Å². The highest BCUT2D eigenvalue weighted by atomic mass is 15.3. The van der Waals surface area contributed by atoms with Crippen LogP contribution >= 0.6 is 0 Å². The highest BCUT2D eigenvalue weighted by molar-refractivity contribution is 7.00. The van der Waals surface area contributed by atoms with Gasteiger partial charge in [0.15, 0.2) is 0 Å². The van der Waals surface area contributed by atoms with Gasteiger partial charge in [-0.05, 0) is 159 Å². The summed E-state index contributed by atoms with van der Waals surface area (Å²) in [4.78, 5) is 8.60. The molecule has 74 heavy (non-hydrogen) atoms. The van der Waals surface area contributed by atoms with Gasteiger partial charge in [0.2, 0.25) is 0 Å². The monoisotopic (exact) mass is 972 g/mol. The number of hydrogen-bond donors (Lipinski definition) is 0. The van der Waals surface area contributed by atoms with Gasteiger partial charge in [-0.15, -0.1) is 0 Å². The van der Waals surface area contributed by atoms with Crippen molar-refractivity contribution in [2.75, 3.05) is 14.7 Å². The van der Waals surface area contributed by atoms with Gasteiger partial charge < -0.3 is 14.7 Å². The maximum absolute atomic E-state index is 2.96. The fourth-order valence-corrected chi connectivity index (χ4v) is 15.6. The lowest BCUT2D eigenvalue weighted by atomic mass is 9.33. The van der Waals surface area contributed by atoms with E-state index in [9.17, 15) is 0 Å². The van der Waals surface area contributed by atoms with Crippen molar-refractivity contribution in [2.24, 2.45) is 0 Å². The molecule has 0 N–H and O–H groups in total. The molecule has 4 aliphatic heterocycles. The molecule has 13 rings (SSSR count). The Morgan fingerprint density at radius 1 is 0.405 bits per heavy atom. The lowest BCUT2D eigenvalue weighted by molar-refractivity contribution is 0.194. The third-order valence-electron chi connectivity index (χ3n) is 20.4. The zero-order chi connectivity index (χ0) is 51.7. The molecule has 0 spiro atoms. The Morgan fingerprint density at radius 2 is 0.932 bits per heavy atom. The first-order valence-electron chi connectivity index (χ1n) is 28.4. The van der Waals surface area contributed by atoms with Crippen molar-refractivity contribution in [2.45, 2.75) is 180 Å². The third kappa shape index (κ3) is 6.51. The predicted molar refractivity (Wildman–Crippen MR) is 318 cm³/mol. The molecule has 2 aliphatic carbocycles. The molecule has 2 fully saturated rings. The molecule has 4 heterocycles. The molecule has 0 amide bonds. The van der Waals surface area contributed by atoms with E-state index >= 15 is 0 Å². The van der Waals surface area contributed by atoms with E-state index in [4.69, 9.17) is 0 Å². The van der Waals surface area contributed by atoms with Gasteiger partial charge in [-0.3, -0.25) is 0 Å². The molecule has 7 aromatic rings. The zero-order valence-corrected chi connectivity index (χ0v) is 46.9. The van der Waals surface area contributed by atoms with Crippen LogP contribution in [-0.4, -0.2) is 17.8 Å². The largest absolute Gasteiger partial charge is 0.335 e. The second-order valence-corrected chi connectivity index (χ2v) is 27.6. The number of benzene rings is 7. The normalized spacial score (nSPS) is 24.5. The third-order valence-corrected chi connectivity index (χ3v) is 20.4. The summed E-state index contributed by atoms with van der Waals surface area (Å²) in [5, 5.41) is 0. The average Bonchev–Trinajstić information content (AvgIpc) is 3.72. The molecule has 0 aromatic heterocycles. The number of fused-ring (bicyclic) bond motifs is 10. The summed E-state index contributed by atoms with van der Waals surface area (Å²) in [5.41, 5.74) is 25.8. The molecule has 0 bridgehead atoms. The Kier molecular flexibility index (Phi) is 10.2. The number of rotatable bonds is 4. The van der Waals surface area contributed by atoms with E-state index < -0.39 is 0 Å². The summed E-state index contributed by atoms with van der Waals surface area (Å²) >= 11 is 0. The van der Waals surface area contributed by atoms with Crippen LogP contribution in [0.4, 0.5) is 39.8 Å². The Balaban J connectivity index is 1.19. The maximum Gasteiger partial charge on any atom is 0.252 e. The van der Waals surface area contributed by atoms with Gasteiger partial charge in [0.25, 0.3) is 6.71 Å². The van der Waals surface area contributed by atoms with Crippen molar-refractivity contribution in [3.63, 3.8) is 0 Å². The van der Waals surface area contributed by atoms with E-state index in [1.165, 1.54) is 139 Å². The van der Waals surface area contributed by atoms with Gasteiger partial charge >= 0.3 is 0 Å². The van der Waals surface area contributed by atoms with Crippen molar-refractivity contribution < 1.29 is 0 Å². The first-order chi connectivity index (χ1) is 35.1. The minimum Gasteiger partial charge on any atom is -0.335 e. The Labute approximate surface area is 444 Å². The first kappa shape index (κ1) is 47.7. The lowest BCUT2D eigenvalue weighted by Gasteiger charge is -2.54. The molecule has 3 nitrogen and oxygen atoms in total. The molecule has 4 heteroatoms. The summed E-state index contributed by atoms with van der Waals surface area (Å²) in [6.45, 7) is 32.0. The quantitative estimate of drug-likeness (QED) is 0.163. The molecule has 7 aromatic carbocycles. The minimum absolute atomic E-state index is 0.0101. The predicted octanol–water partition coefficient (Wildman–Crippen LogP) is 17.0. The summed E-state index contributed by atoms with van der Waals surface area (Å²) in [7, 11) is 0. The maximum atomic E-state index is 2.96. The first-order valence-corrected chi connectivity index (χ1v) is 28.4. The standard InChI is InChI=1S/C70H78BN3/c1-64(2,3)48-29-32-57(52(40-48)46-26-18-15-19-27-46)72-59-42-50(66(7,8)9)28-31-55(59)71-56-39-47(45-24-16-14-17-25-45)38-54-63(56)74(70(13)37-23-21-35-68(54,70)11)61-44-51(43-60(72)62(61)71)73-58-33-30-49(65(4,5)6)41-53(58)67(10)34-20-22-36-69(67,73)12/h14-19,24-33,38-44H,20-23,34-37H2,1-13H3. The highest BCUT2D eigenvalue weighted by Gasteiger charge is 2.63. The molecule has 2 saturated carbocycles. The summed E-state index contributed by atoms with van der Waals surface area (Å²) < 4.78 is 0. The number of hydrogen-bond acceptors (Lipinski definition) is 3. The lowest BCUT2D eigenvalue weighted by Crippen LogP contribution is -2.64. The summed E-state index contributed by atoms with van der Waals surface area (Å²) in [5.74, 6) is 0. The van der Waals surface area contributed by atoms with E-state index in [1.54, 1.807) is 5.56 Å². The van der Waals surface area contributed by atoms with Crippen molar-refractivity contribution in [1.29, 1.82) is 0 Å². The molecule has 4 unspecified atom stereocenters. The van der Waals surface area contributed by atoms with Crippen LogP contribution in [0.25, 0.3) is 22.3 Å². The van der Waals surface area contributed by atoms with Gasteiger partial charge in [0.05, 0.1) is 16.8 Å². The molecule has 4 atom stereocenters. The SMILES string of the molecule is CC(C)(C)c1ccc(N2c3cc(C(C)(C)C)ccc3B3c4cc(-c5ccccc5)cc5c4N(c4cc(N6c7ccc(C(C)(C)C)cc7C7(C)CCCCC67C)cc2c43)C2(C)CCCCC52C)c(-c2ccccc2)c1. The molecular formula is C70H78BN3. The highest BCUT2D eigenvalue weighted by Crippen LogP contribution is 2.65. The van der Waals surface area contributed by atoms with Crippen LogP contribution in [0.1, 0.15) is 169 Å². The van der Waals surface area contributed by atoms with E-state index in [1.807, 2.05) is 0 Å². The summed E-state index contributed by atoms with van der Waals surface area (Å²) in [6, 6.07) is 55.8. The van der Waals surface area contributed by atoms with E-state index in [2.05, 4.69) is 244 Å². The van der Waals surface area contributed by atoms with Crippen molar-refractivity contribution in [3.05, 3.63) is 167 Å². The van der Waals surface area contributed by atoms with Crippen molar-refractivity contribution in [1.82, 2.24) is 0 Å². The topological polar surface area (TPSA) is 9.72 Å². The van der Waals surface area contributed by atoms with E-state index in [0.717, 1.165) is 12.8 Å². The minimum atomic E-state index is -0.131. The van der Waals surface area contributed by atoms with Gasteiger partial charge in [-0.25, -0.2) is 0 Å². The average molecular weight is 972 g/mol. The number of nitrogens with zero attached hydrogens (tertiary/aromatic N) is 3. The second-order valence-electron chi connectivity index (χ2n) is 27.6. The van der Waals surface area contributed by atoms with E-state index in [0.29, 0.717) is 0 Å². The molecule has 0 saturated heterocycles. The van der Waals surface area contributed by atoms with E-state index in [-0.39, 0.29) is 44.9 Å². The zero-order valence-electron chi connectivity index (χ0n) is 46.9. The van der Waals surface area contributed by atoms with Gasteiger partial charge in [-0.1, -0.05) is 199 Å². The van der Waals surface area contributed by atoms with Crippen LogP contribution < -0.4 is 31.1 Å². The number of anilines is 7. The molecule has 6 aliphatic rings. The Hall–Kier alpha value is -6.00. The van der Waals surface area contributed by atoms with Crippen LogP contribution in [0.3, 0.4) is 0 Å². The molecule has 376 valence electrons. The summed E-state index contributed by atoms with van der Waals surface area (Å²) in [6.07, 6.45) is 9.67. The fraction of sp³-hybridized carbons (Fsp3) is 0.400.